The SMILES string of the molecule is CCNC(=NCc1ccccc1COCC)N(C)CCC1CCOCC1. The molecule has 5 nitrogen and oxygen atoms in total. The van der Waals surface area contributed by atoms with Gasteiger partial charge in [0.05, 0.1) is 13.2 Å². The summed E-state index contributed by atoms with van der Waals surface area (Å²) in [6.07, 6.45) is 3.57. The highest BCUT2D eigenvalue weighted by Crippen LogP contribution is 2.18. The van der Waals surface area contributed by atoms with Crippen LogP contribution in [0.25, 0.3) is 0 Å². The predicted molar refractivity (Wildman–Crippen MR) is 107 cm³/mol. The Kier molecular flexibility index (Phi) is 9.50. The fourth-order valence-electron chi connectivity index (χ4n) is 3.21. The Balaban J connectivity index is 1.94. The number of hydrogen-bond acceptors (Lipinski definition) is 3. The molecule has 0 amide bonds. The number of nitrogens with zero attached hydrogens (tertiary/aromatic N) is 2. The van der Waals surface area contributed by atoms with Gasteiger partial charge in [0.25, 0.3) is 0 Å². The van der Waals surface area contributed by atoms with E-state index >= 15 is 0 Å². The summed E-state index contributed by atoms with van der Waals surface area (Å²) in [4.78, 5) is 7.12. The van der Waals surface area contributed by atoms with Gasteiger partial charge >= 0.3 is 0 Å². The Labute approximate surface area is 158 Å². The fraction of sp³-hybridized carbons (Fsp3) is 0.667. The van der Waals surface area contributed by atoms with Gasteiger partial charge in [-0.1, -0.05) is 24.3 Å². The lowest BCUT2D eigenvalue weighted by Gasteiger charge is -2.27. The van der Waals surface area contributed by atoms with Crippen LogP contribution in [0, 0.1) is 5.92 Å². The number of guanidine groups is 1. The van der Waals surface area contributed by atoms with E-state index < -0.39 is 0 Å². The Morgan fingerprint density at radius 1 is 1.23 bits per heavy atom. The predicted octanol–water partition coefficient (Wildman–Crippen LogP) is 3.44. The molecule has 1 aromatic rings. The number of ether oxygens (including phenoxy) is 2. The van der Waals surface area contributed by atoms with Gasteiger partial charge in [0.1, 0.15) is 0 Å². The highest BCUT2D eigenvalue weighted by molar-refractivity contribution is 5.79. The zero-order chi connectivity index (χ0) is 18.6. The number of aliphatic imine (C=N–C) groups is 1. The van der Waals surface area contributed by atoms with Gasteiger partial charge in [-0.05, 0) is 50.2 Å². The second-order valence-corrected chi connectivity index (χ2v) is 6.84. The minimum Gasteiger partial charge on any atom is -0.381 e. The van der Waals surface area contributed by atoms with E-state index in [-0.39, 0.29) is 0 Å². The molecule has 1 aliphatic rings. The molecular formula is C21H35N3O2. The highest BCUT2D eigenvalue weighted by Gasteiger charge is 2.15. The zero-order valence-corrected chi connectivity index (χ0v) is 16.7. The Bertz CT molecular complexity index is 542. The van der Waals surface area contributed by atoms with Crippen LogP contribution in [0.3, 0.4) is 0 Å². The first-order valence-corrected chi connectivity index (χ1v) is 9.96. The maximum Gasteiger partial charge on any atom is 0.193 e. The van der Waals surface area contributed by atoms with Crippen molar-refractivity contribution in [3.8, 4) is 0 Å². The molecule has 0 bridgehead atoms. The highest BCUT2D eigenvalue weighted by atomic mass is 16.5. The fourth-order valence-corrected chi connectivity index (χ4v) is 3.21. The summed E-state index contributed by atoms with van der Waals surface area (Å²) in [7, 11) is 2.13. The van der Waals surface area contributed by atoms with Crippen LogP contribution in [0.15, 0.2) is 29.3 Å². The normalized spacial score (nSPS) is 15.9. The first kappa shape index (κ1) is 20.7. The lowest BCUT2D eigenvalue weighted by Crippen LogP contribution is -2.40. The maximum atomic E-state index is 5.58. The topological polar surface area (TPSA) is 46.1 Å². The number of hydrogen-bond donors (Lipinski definition) is 1. The van der Waals surface area contributed by atoms with E-state index in [4.69, 9.17) is 14.5 Å². The van der Waals surface area contributed by atoms with Crippen molar-refractivity contribution >= 4 is 5.96 Å². The smallest absolute Gasteiger partial charge is 0.193 e. The van der Waals surface area contributed by atoms with Crippen LogP contribution in [-0.4, -0.2) is 50.8 Å². The second kappa shape index (κ2) is 11.9. The van der Waals surface area contributed by atoms with E-state index in [0.717, 1.165) is 44.8 Å². The van der Waals surface area contributed by atoms with Crippen LogP contribution in [-0.2, 0) is 22.6 Å². The summed E-state index contributed by atoms with van der Waals surface area (Å²) in [5, 5.41) is 3.42. The average Bonchev–Trinajstić information content (AvgIpc) is 2.69. The van der Waals surface area contributed by atoms with Crippen molar-refractivity contribution in [2.45, 2.75) is 46.3 Å². The summed E-state index contributed by atoms with van der Waals surface area (Å²) in [6.45, 7) is 9.93. The summed E-state index contributed by atoms with van der Waals surface area (Å²) in [6, 6.07) is 8.40. The molecule has 1 aromatic carbocycles. The maximum absolute atomic E-state index is 5.58. The van der Waals surface area contributed by atoms with Gasteiger partial charge in [0.15, 0.2) is 5.96 Å². The van der Waals surface area contributed by atoms with Gasteiger partial charge in [0, 0.05) is 40.0 Å². The molecule has 0 atom stereocenters. The Hall–Kier alpha value is -1.59. The van der Waals surface area contributed by atoms with Crippen molar-refractivity contribution in [3.63, 3.8) is 0 Å². The second-order valence-electron chi connectivity index (χ2n) is 6.84. The Morgan fingerprint density at radius 3 is 2.65 bits per heavy atom. The zero-order valence-electron chi connectivity index (χ0n) is 16.7. The van der Waals surface area contributed by atoms with Crippen molar-refractivity contribution in [3.05, 3.63) is 35.4 Å². The summed E-state index contributed by atoms with van der Waals surface area (Å²) in [5.74, 6) is 1.76. The molecule has 1 heterocycles. The summed E-state index contributed by atoms with van der Waals surface area (Å²) >= 11 is 0. The molecule has 1 aliphatic heterocycles. The summed E-state index contributed by atoms with van der Waals surface area (Å²) in [5.41, 5.74) is 2.45. The van der Waals surface area contributed by atoms with Gasteiger partial charge in [-0.3, -0.25) is 0 Å². The molecular weight excluding hydrogens is 326 g/mol. The average molecular weight is 362 g/mol. The van der Waals surface area contributed by atoms with Crippen LogP contribution in [0.2, 0.25) is 0 Å². The van der Waals surface area contributed by atoms with Crippen LogP contribution in [0.5, 0.6) is 0 Å². The minimum atomic E-state index is 0.651. The molecule has 1 saturated heterocycles. The van der Waals surface area contributed by atoms with E-state index in [1.165, 1.54) is 30.4 Å². The molecule has 0 saturated carbocycles. The largest absolute Gasteiger partial charge is 0.381 e. The van der Waals surface area contributed by atoms with E-state index in [1.807, 2.05) is 6.92 Å². The van der Waals surface area contributed by atoms with Crippen molar-refractivity contribution in [1.29, 1.82) is 0 Å². The molecule has 0 aromatic heterocycles. The van der Waals surface area contributed by atoms with Crippen molar-refractivity contribution in [1.82, 2.24) is 10.2 Å². The molecule has 1 fully saturated rings. The van der Waals surface area contributed by atoms with Crippen LogP contribution in [0.4, 0.5) is 0 Å². The van der Waals surface area contributed by atoms with Crippen molar-refractivity contribution < 1.29 is 9.47 Å². The molecule has 2 rings (SSSR count). The quantitative estimate of drug-likeness (QED) is 0.541. The molecule has 5 heteroatoms. The van der Waals surface area contributed by atoms with Gasteiger partial charge in [-0.15, -0.1) is 0 Å². The van der Waals surface area contributed by atoms with Crippen LogP contribution >= 0.6 is 0 Å². The first-order valence-electron chi connectivity index (χ1n) is 9.96. The third-order valence-corrected chi connectivity index (χ3v) is 4.89. The van der Waals surface area contributed by atoms with Gasteiger partial charge in [-0.25, -0.2) is 4.99 Å². The number of nitrogens with one attached hydrogen (secondary N) is 1. The molecule has 146 valence electrons. The van der Waals surface area contributed by atoms with Crippen LogP contribution < -0.4 is 5.32 Å². The standard InChI is InChI=1S/C21H35N3O2/c1-4-22-21(24(3)13-10-18-11-14-26-15-12-18)23-16-19-8-6-7-9-20(19)17-25-5-2/h6-9,18H,4-5,10-17H2,1-3H3,(H,22,23). The third-order valence-electron chi connectivity index (χ3n) is 4.89. The molecule has 1 N–H and O–H groups in total. The van der Waals surface area contributed by atoms with Gasteiger partial charge < -0.3 is 19.7 Å². The number of benzene rings is 1. The van der Waals surface area contributed by atoms with E-state index in [9.17, 15) is 0 Å². The minimum absolute atomic E-state index is 0.651. The van der Waals surface area contributed by atoms with E-state index in [1.54, 1.807) is 0 Å². The lowest BCUT2D eigenvalue weighted by molar-refractivity contribution is 0.0625. The summed E-state index contributed by atoms with van der Waals surface area (Å²) < 4.78 is 11.0. The van der Waals surface area contributed by atoms with Crippen LogP contribution in [0.1, 0.15) is 44.2 Å². The van der Waals surface area contributed by atoms with E-state index in [0.29, 0.717) is 13.2 Å². The van der Waals surface area contributed by atoms with E-state index in [2.05, 4.69) is 48.5 Å². The Morgan fingerprint density at radius 2 is 1.96 bits per heavy atom. The molecule has 0 unspecified atom stereocenters. The molecule has 0 aliphatic carbocycles. The number of rotatable bonds is 9. The van der Waals surface area contributed by atoms with Crippen molar-refractivity contribution in [2.75, 3.05) is 40.0 Å². The molecule has 26 heavy (non-hydrogen) atoms. The van der Waals surface area contributed by atoms with Crippen molar-refractivity contribution in [2.24, 2.45) is 10.9 Å². The van der Waals surface area contributed by atoms with Gasteiger partial charge in [-0.2, -0.15) is 0 Å². The lowest BCUT2D eigenvalue weighted by atomic mass is 9.96. The van der Waals surface area contributed by atoms with Gasteiger partial charge in [0.2, 0.25) is 0 Å². The third kappa shape index (κ3) is 6.96. The first-order chi connectivity index (χ1) is 12.7. The molecule has 0 radical (unpaired) electrons. The monoisotopic (exact) mass is 361 g/mol. The molecule has 0 spiro atoms.